The van der Waals surface area contributed by atoms with Gasteiger partial charge in [-0.3, -0.25) is 4.79 Å². The number of carbonyl (C=O) groups excluding carboxylic acids is 1. The van der Waals surface area contributed by atoms with Gasteiger partial charge in [-0.25, -0.2) is 9.78 Å². The molecule has 0 unspecified atom stereocenters. The fraction of sp³-hybridized carbons (Fsp3) is 0.250. The van der Waals surface area contributed by atoms with Crippen molar-refractivity contribution < 1.29 is 14.7 Å². The molecular weight excluding hydrogens is 280 g/mol. The Hall–Kier alpha value is -2.35. The van der Waals surface area contributed by atoms with Crippen molar-refractivity contribution in [3.63, 3.8) is 0 Å². The molecule has 0 saturated carbocycles. The van der Waals surface area contributed by atoms with Crippen molar-refractivity contribution in [2.24, 2.45) is 0 Å². The number of carboxylic acid groups (broad SMARTS) is 1. The van der Waals surface area contributed by atoms with Gasteiger partial charge in [0.05, 0.1) is 11.4 Å². The second kappa shape index (κ2) is 5.74. The third-order valence-electron chi connectivity index (χ3n) is 2.52. The number of hydrogen-bond acceptors (Lipinski definition) is 6. The molecular formula is C12H12N4O3S. The summed E-state index contributed by atoms with van der Waals surface area (Å²) in [6, 6.07) is 3.04. The Labute approximate surface area is 118 Å². The Morgan fingerprint density at radius 2 is 2.15 bits per heavy atom. The molecule has 2 aromatic rings. The van der Waals surface area contributed by atoms with Gasteiger partial charge in [-0.05, 0) is 29.6 Å². The lowest BCUT2D eigenvalue weighted by Crippen LogP contribution is -2.16. The maximum Gasteiger partial charge on any atom is 0.356 e. The fourth-order valence-electron chi connectivity index (χ4n) is 1.59. The molecule has 2 aromatic heterocycles. The van der Waals surface area contributed by atoms with E-state index in [4.69, 9.17) is 5.11 Å². The van der Waals surface area contributed by atoms with Crippen LogP contribution in [0.3, 0.4) is 0 Å². The number of nitrogens with one attached hydrogen (secondary N) is 1. The number of pyridine rings is 1. The maximum absolute atomic E-state index is 12.2. The lowest BCUT2D eigenvalue weighted by Gasteiger charge is -2.07. The van der Waals surface area contributed by atoms with E-state index in [2.05, 4.69) is 19.9 Å². The zero-order chi connectivity index (χ0) is 14.7. The largest absolute Gasteiger partial charge is 0.476 e. The first-order valence-electron chi connectivity index (χ1n) is 5.82. The van der Waals surface area contributed by atoms with E-state index in [0.29, 0.717) is 10.6 Å². The van der Waals surface area contributed by atoms with Crippen molar-refractivity contribution in [2.75, 3.05) is 5.32 Å². The van der Waals surface area contributed by atoms with Gasteiger partial charge in [0.15, 0.2) is 5.69 Å². The van der Waals surface area contributed by atoms with Crippen molar-refractivity contribution in [3.05, 3.63) is 34.6 Å². The van der Waals surface area contributed by atoms with E-state index < -0.39 is 11.9 Å². The average Bonchev–Trinajstić information content (AvgIpc) is 2.88. The average molecular weight is 292 g/mol. The molecule has 2 heterocycles. The van der Waals surface area contributed by atoms with Gasteiger partial charge >= 0.3 is 5.97 Å². The standard InChI is InChI=1S/C12H12N4O3S/c1-6(2)8-10(20-16-15-8)11(17)14-7-4-3-5-13-9(7)12(18)19/h3-6H,1-2H3,(H,14,17)(H,18,19). The molecule has 0 spiro atoms. The lowest BCUT2D eigenvalue weighted by atomic mass is 10.1. The van der Waals surface area contributed by atoms with Crippen molar-refractivity contribution in [3.8, 4) is 0 Å². The minimum absolute atomic E-state index is 0.0577. The molecule has 0 fully saturated rings. The Morgan fingerprint density at radius 3 is 2.80 bits per heavy atom. The van der Waals surface area contributed by atoms with Crippen LogP contribution in [-0.4, -0.2) is 31.6 Å². The van der Waals surface area contributed by atoms with Crippen molar-refractivity contribution in [2.45, 2.75) is 19.8 Å². The minimum atomic E-state index is -1.20. The van der Waals surface area contributed by atoms with Gasteiger partial charge < -0.3 is 10.4 Å². The van der Waals surface area contributed by atoms with Crippen LogP contribution in [0.25, 0.3) is 0 Å². The molecule has 0 radical (unpaired) electrons. The second-order valence-electron chi connectivity index (χ2n) is 4.30. The normalized spacial score (nSPS) is 10.6. The predicted octanol–water partition coefficient (Wildman–Crippen LogP) is 2.01. The van der Waals surface area contributed by atoms with Crippen LogP contribution in [0, 0.1) is 0 Å². The second-order valence-corrected chi connectivity index (χ2v) is 5.05. The van der Waals surface area contributed by atoms with Gasteiger partial charge in [0.2, 0.25) is 0 Å². The molecule has 0 aliphatic heterocycles. The van der Waals surface area contributed by atoms with Gasteiger partial charge in [0.1, 0.15) is 4.88 Å². The van der Waals surface area contributed by atoms with Crippen LogP contribution >= 0.6 is 11.5 Å². The van der Waals surface area contributed by atoms with Crippen LogP contribution in [-0.2, 0) is 0 Å². The molecule has 0 saturated heterocycles. The lowest BCUT2D eigenvalue weighted by molar-refractivity contribution is 0.0692. The molecule has 0 bridgehead atoms. The minimum Gasteiger partial charge on any atom is -0.476 e. The molecule has 104 valence electrons. The summed E-state index contributed by atoms with van der Waals surface area (Å²) in [6.07, 6.45) is 1.35. The Balaban J connectivity index is 2.29. The molecule has 0 aromatic carbocycles. The number of hydrogen-bond donors (Lipinski definition) is 2. The topological polar surface area (TPSA) is 105 Å². The number of rotatable bonds is 4. The number of aromatic nitrogens is 3. The molecule has 20 heavy (non-hydrogen) atoms. The number of nitrogens with zero attached hydrogens (tertiary/aromatic N) is 3. The van der Waals surface area contributed by atoms with Crippen LogP contribution in [0.4, 0.5) is 5.69 Å². The number of anilines is 1. The first-order valence-corrected chi connectivity index (χ1v) is 6.60. The summed E-state index contributed by atoms with van der Waals surface area (Å²) in [5.74, 6) is -1.58. The summed E-state index contributed by atoms with van der Waals surface area (Å²) in [6.45, 7) is 3.81. The zero-order valence-electron chi connectivity index (χ0n) is 10.8. The quantitative estimate of drug-likeness (QED) is 0.893. The van der Waals surface area contributed by atoms with Gasteiger partial charge in [-0.15, -0.1) is 5.10 Å². The monoisotopic (exact) mass is 292 g/mol. The maximum atomic E-state index is 12.2. The van der Waals surface area contributed by atoms with Crippen molar-refractivity contribution in [1.29, 1.82) is 0 Å². The molecule has 1 amide bonds. The fourth-order valence-corrected chi connectivity index (χ4v) is 2.30. The number of carbonyl (C=O) groups is 2. The van der Waals surface area contributed by atoms with Crippen molar-refractivity contribution >= 4 is 29.1 Å². The third kappa shape index (κ3) is 2.80. The first kappa shape index (κ1) is 14.1. The summed E-state index contributed by atoms with van der Waals surface area (Å²) in [5, 5.41) is 15.5. The molecule has 0 aliphatic rings. The summed E-state index contributed by atoms with van der Waals surface area (Å²) in [4.78, 5) is 27.3. The van der Waals surface area contributed by atoms with Crippen LogP contribution in [0.2, 0.25) is 0 Å². The van der Waals surface area contributed by atoms with Crippen LogP contribution in [0.5, 0.6) is 0 Å². The number of aromatic carboxylic acids is 1. The Kier molecular flexibility index (Phi) is 4.04. The van der Waals surface area contributed by atoms with Gasteiger partial charge in [-0.2, -0.15) is 0 Å². The molecule has 8 heteroatoms. The van der Waals surface area contributed by atoms with E-state index in [1.807, 2.05) is 13.8 Å². The van der Waals surface area contributed by atoms with Gasteiger partial charge in [0, 0.05) is 6.20 Å². The highest BCUT2D eigenvalue weighted by molar-refractivity contribution is 7.08. The first-order chi connectivity index (χ1) is 9.50. The molecule has 7 nitrogen and oxygen atoms in total. The summed E-state index contributed by atoms with van der Waals surface area (Å²) >= 11 is 0.978. The Bertz CT molecular complexity index is 654. The van der Waals surface area contributed by atoms with Crippen LogP contribution in [0.1, 0.15) is 45.6 Å². The zero-order valence-corrected chi connectivity index (χ0v) is 11.6. The highest BCUT2D eigenvalue weighted by atomic mass is 32.1. The highest BCUT2D eigenvalue weighted by Gasteiger charge is 2.21. The summed E-state index contributed by atoms with van der Waals surface area (Å²) < 4.78 is 3.76. The van der Waals surface area contributed by atoms with E-state index in [9.17, 15) is 9.59 Å². The van der Waals surface area contributed by atoms with Crippen LogP contribution in [0.15, 0.2) is 18.3 Å². The van der Waals surface area contributed by atoms with E-state index in [-0.39, 0.29) is 17.3 Å². The van der Waals surface area contributed by atoms with Gasteiger partial charge in [-0.1, -0.05) is 18.3 Å². The molecule has 2 N–H and O–H groups in total. The summed E-state index contributed by atoms with van der Waals surface area (Å²) in [7, 11) is 0. The van der Waals surface area contributed by atoms with E-state index in [1.54, 1.807) is 6.07 Å². The van der Waals surface area contributed by atoms with Gasteiger partial charge in [0.25, 0.3) is 5.91 Å². The molecule has 0 atom stereocenters. The molecule has 2 rings (SSSR count). The number of amides is 1. The smallest absolute Gasteiger partial charge is 0.356 e. The molecule has 0 aliphatic carbocycles. The summed E-state index contributed by atoms with van der Waals surface area (Å²) in [5.41, 5.74) is 0.533. The van der Waals surface area contributed by atoms with E-state index in [1.165, 1.54) is 12.3 Å². The Morgan fingerprint density at radius 1 is 1.40 bits per heavy atom. The third-order valence-corrected chi connectivity index (χ3v) is 3.27. The SMILES string of the molecule is CC(C)c1nnsc1C(=O)Nc1cccnc1C(=O)O. The van der Waals surface area contributed by atoms with Crippen molar-refractivity contribution in [1.82, 2.24) is 14.6 Å². The van der Waals surface area contributed by atoms with Crippen LogP contribution < -0.4 is 5.32 Å². The van der Waals surface area contributed by atoms with E-state index >= 15 is 0 Å². The van der Waals surface area contributed by atoms with E-state index in [0.717, 1.165) is 11.5 Å². The predicted molar refractivity (Wildman–Crippen MR) is 73.1 cm³/mol. The highest BCUT2D eigenvalue weighted by Crippen LogP contribution is 2.21. The number of carboxylic acids is 1.